The first kappa shape index (κ1) is 44.6. The molecule has 0 saturated heterocycles. The Kier molecular flexibility index (Phi) is 14.6. The van der Waals surface area contributed by atoms with Crippen LogP contribution in [0.4, 0.5) is 0 Å². The van der Waals surface area contributed by atoms with Gasteiger partial charge in [0.15, 0.2) is 5.78 Å². The molecule has 3 aromatic carbocycles. The largest absolute Gasteiger partial charge is 0.512 e. The molecule has 295 valence electrons. The second kappa shape index (κ2) is 18.0. The number of pyridine rings is 1. The van der Waals surface area contributed by atoms with Crippen molar-refractivity contribution in [1.29, 1.82) is 0 Å². The predicted molar refractivity (Wildman–Crippen MR) is 237 cm³/mol. The first-order valence-electron chi connectivity index (χ1n) is 19.8. The van der Waals surface area contributed by atoms with Crippen LogP contribution in [0.25, 0.3) is 52.0 Å². The van der Waals surface area contributed by atoms with Gasteiger partial charge in [-0.3, -0.25) is 9.78 Å². The maximum Gasteiger partial charge on any atom is 0.164 e. The summed E-state index contributed by atoms with van der Waals surface area (Å²) in [6.45, 7) is 25.8. The van der Waals surface area contributed by atoms with Crippen molar-refractivity contribution in [3.8, 4) is 21.0 Å². The number of aliphatic hydroxyl groups excluding tert-OH is 1. The fourth-order valence-electron chi connectivity index (χ4n) is 7.05. The normalized spacial score (nSPS) is 12.6. The first-order valence-corrected chi connectivity index (χ1v) is 21.4. The molecule has 0 aliphatic carbocycles. The minimum absolute atomic E-state index is 0. The molecule has 3 heterocycles. The van der Waals surface area contributed by atoms with Gasteiger partial charge in [0.1, 0.15) is 5.76 Å². The summed E-state index contributed by atoms with van der Waals surface area (Å²) in [6, 6.07) is 26.1. The van der Waals surface area contributed by atoms with Gasteiger partial charge in [0.25, 0.3) is 0 Å². The standard InChI is InChI=1S/C34H32NS2.C15H28O2.Ir/c1-20(2)15-22-11-12-25-21(3)33(37-30(25)16-22)31-19-27-29(36-31)13-14-35-32(27)24-17-23-9-7-8-10-26(23)28(18-24)34(4,5)6;1-7-14(5,8-2)12(16)11-13(17)15(6,9-3)10-4;/h7-14,16,18-20H,15H2,1-6H3;11,16H,7-10H2,1-6H3;/q-1;;/b;12-11-;. The molecule has 6 aromatic rings. The molecule has 0 unspecified atom stereocenters. The SMILES string of the molecule is CCC(C)(CC)C(=O)/C=C(\O)C(C)(CC)CC.Cc1c(-c2cc3c(-c4[c-]c5ccccc5c(C(C)(C)C)c4)nccc3s2)sc2cc(CC(C)C)ccc12.[Ir]. The zero-order valence-electron chi connectivity index (χ0n) is 35.0. The zero-order valence-corrected chi connectivity index (χ0v) is 39.0. The fraction of sp³-hybridized carbons (Fsp3) is 0.429. The number of thiophene rings is 2. The Balaban J connectivity index is 0.000000320. The van der Waals surface area contributed by atoms with Crippen molar-refractivity contribution in [2.24, 2.45) is 16.7 Å². The third-order valence-electron chi connectivity index (χ3n) is 11.8. The smallest absolute Gasteiger partial charge is 0.164 e. The number of nitrogens with zero attached hydrogens (tertiary/aromatic N) is 1. The van der Waals surface area contributed by atoms with E-state index in [1.165, 1.54) is 58.1 Å². The van der Waals surface area contributed by atoms with E-state index in [2.05, 4.69) is 108 Å². The van der Waals surface area contributed by atoms with Crippen LogP contribution in [0.3, 0.4) is 0 Å². The number of ketones is 1. The van der Waals surface area contributed by atoms with Crippen molar-refractivity contribution in [1.82, 2.24) is 4.98 Å². The number of carbonyl (C=O) groups is 1. The number of benzene rings is 3. The van der Waals surface area contributed by atoms with E-state index in [1.807, 2.05) is 70.4 Å². The number of fused-ring (bicyclic) bond motifs is 3. The summed E-state index contributed by atoms with van der Waals surface area (Å²) in [5, 5.41) is 15.1. The Morgan fingerprint density at radius 2 is 1.47 bits per heavy atom. The molecule has 0 spiro atoms. The van der Waals surface area contributed by atoms with Crippen LogP contribution in [0.2, 0.25) is 0 Å². The molecule has 0 amide bonds. The Bertz CT molecular complexity index is 2290. The number of allylic oxidation sites excluding steroid dienone is 2. The topological polar surface area (TPSA) is 50.2 Å². The molecule has 0 aliphatic rings. The minimum Gasteiger partial charge on any atom is -0.512 e. The van der Waals surface area contributed by atoms with Crippen molar-refractivity contribution in [2.45, 2.75) is 121 Å². The van der Waals surface area contributed by atoms with Gasteiger partial charge >= 0.3 is 0 Å². The molecule has 1 radical (unpaired) electrons. The quantitative estimate of drug-likeness (QED) is 0.0800. The number of aryl methyl sites for hydroxylation is 1. The summed E-state index contributed by atoms with van der Waals surface area (Å²) in [5.41, 5.74) is 5.67. The van der Waals surface area contributed by atoms with Crippen LogP contribution >= 0.6 is 22.7 Å². The van der Waals surface area contributed by atoms with Crippen molar-refractivity contribution in [2.75, 3.05) is 0 Å². The minimum atomic E-state index is -0.337. The van der Waals surface area contributed by atoms with Gasteiger partial charge in [-0.25, -0.2) is 0 Å². The van der Waals surface area contributed by atoms with E-state index in [-0.39, 0.29) is 47.9 Å². The molecule has 0 fully saturated rings. The summed E-state index contributed by atoms with van der Waals surface area (Å²) >= 11 is 3.80. The van der Waals surface area contributed by atoms with Crippen LogP contribution in [-0.2, 0) is 36.7 Å². The molecule has 1 N–H and O–H groups in total. The molecule has 3 nitrogen and oxygen atoms in total. The molecule has 0 aliphatic heterocycles. The number of carbonyl (C=O) groups excluding carboxylic acids is 1. The first-order chi connectivity index (χ1) is 25.5. The van der Waals surface area contributed by atoms with Gasteiger partial charge in [-0.05, 0) is 90.5 Å². The average Bonchev–Trinajstić information content (AvgIpc) is 3.73. The second-order valence-electron chi connectivity index (χ2n) is 17.0. The van der Waals surface area contributed by atoms with Crippen molar-refractivity contribution < 1.29 is 30.0 Å². The van der Waals surface area contributed by atoms with Crippen LogP contribution in [0, 0.1) is 29.7 Å². The molecule has 0 atom stereocenters. The summed E-state index contributed by atoms with van der Waals surface area (Å²) in [5.74, 6) is 0.950. The van der Waals surface area contributed by atoms with Gasteiger partial charge in [-0.15, -0.1) is 51.8 Å². The zero-order chi connectivity index (χ0) is 39.6. The van der Waals surface area contributed by atoms with Gasteiger partial charge in [-0.1, -0.05) is 117 Å². The predicted octanol–water partition coefficient (Wildman–Crippen LogP) is 15.3. The van der Waals surface area contributed by atoms with E-state index in [4.69, 9.17) is 4.98 Å². The summed E-state index contributed by atoms with van der Waals surface area (Å²) in [6.07, 6.45) is 7.83. The van der Waals surface area contributed by atoms with Gasteiger partial charge < -0.3 is 5.11 Å². The summed E-state index contributed by atoms with van der Waals surface area (Å²) in [7, 11) is 0. The summed E-state index contributed by atoms with van der Waals surface area (Å²) < 4.78 is 2.66. The van der Waals surface area contributed by atoms with Crippen molar-refractivity contribution in [3.05, 3.63) is 101 Å². The van der Waals surface area contributed by atoms with Crippen LogP contribution < -0.4 is 0 Å². The third kappa shape index (κ3) is 9.53. The number of hydrogen-bond acceptors (Lipinski definition) is 5. The van der Waals surface area contributed by atoms with Crippen LogP contribution in [0.1, 0.15) is 119 Å². The molecule has 6 rings (SSSR count). The fourth-order valence-corrected chi connectivity index (χ4v) is 9.54. The maximum absolute atomic E-state index is 12.2. The Morgan fingerprint density at radius 1 is 0.818 bits per heavy atom. The molecule has 6 heteroatoms. The van der Waals surface area contributed by atoms with Crippen LogP contribution in [0.15, 0.2) is 78.7 Å². The number of aliphatic hydroxyl groups is 1. The number of aromatic nitrogens is 1. The van der Waals surface area contributed by atoms with Gasteiger partial charge in [-0.2, -0.15) is 0 Å². The Morgan fingerprint density at radius 3 is 2.09 bits per heavy atom. The second-order valence-corrected chi connectivity index (χ2v) is 19.1. The average molecular weight is 951 g/mol. The molecule has 0 bridgehead atoms. The maximum atomic E-state index is 12.2. The summed E-state index contributed by atoms with van der Waals surface area (Å²) in [4.78, 5) is 19.8. The van der Waals surface area contributed by atoms with E-state index in [9.17, 15) is 9.90 Å². The van der Waals surface area contributed by atoms with E-state index in [0.29, 0.717) is 5.92 Å². The van der Waals surface area contributed by atoms with Gasteiger partial charge in [0, 0.05) is 68.1 Å². The third-order valence-corrected chi connectivity index (χ3v) is 14.3. The Hall–Kier alpha value is -3.15. The van der Waals surface area contributed by atoms with Crippen molar-refractivity contribution in [3.63, 3.8) is 0 Å². The van der Waals surface area contributed by atoms with Gasteiger partial charge in [0.05, 0.1) is 0 Å². The number of rotatable bonds is 11. The van der Waals surface area contributed by atoms with Crippen LogP contribution in [0.5, 0.6) is 0 Å². The van der Waals surface area contributed by atoms with E-state index < -0.39 is 0 Å². The molecule has 0 saturated carbocycles. The van der Waals surface area contributed by atoms with Crippen LogP contribution in [-0.4, -0.2) is 15.9 Å². The van der Waals surface area contributed by atoms with E-state index in [0.717, 1.165) is 48.7 Å². The molecule has 55 heavy (non-hydrogen) atoms. The Labute approximate surface area is 352 Å². The molecular formula is C49H60IrNO2S2-. The van der Waals surface area contributed by atoms with E-state index >= 15 is 0 Å². The number of hydrogen-bond donors (Lipinski definition) is 1. The molecular weight excluding hydrogens is 891 g/mol. The van der Waals surface area contributed by atoms with Gasteiger partial charge in [0.2, 0.25) is 0 Å². The van der Waals surface area contributed by atoms with E-state index in [1.54, 1.807) is 0 Å². The van der Waals surface area contributed by atoms with Crippen molar-refractivity contribution >= 4 is 59.4 Å². The monoisotopic (exact) mass is 951 g/mol. The molecule has 3 aromatic heterocycles.